The van der Waals surface area contributed by atoms with Gasteiger partial charge in [0.2, 0.25) is 0 Å². The highest BCUT2D eigenvalue weighted by molar-refractivity contribution is 6.47. The highest BCUT2D eigenvalue weighted by Crippen LogP contribution is 2.29. The molecule has 1 heterocycles. The van der Waals surface area contributed by atoms with E-state index in [1.807, 2.05) is 58.0 Å². The minimum Gasteiger partial charge on any atom is -0.409 e. The van der Waals surface area contributed by atoms with Crippen molar-refractivity contribution in [3.05, 3.63) is 60.2 Å². The van der Waals surface area contributed by atoms with Gasteiger partial charge in [-0.15, -0.1) is 0 Å². The van der Waals surface area contributed by atoms with E-state index in [9.17, 15) is 9.59 Å². The number of ketones is 1. The van der Waals surface area contributed by atoms with Gasteiger partial charge in [-0.1, -0.05) is 44.2 Å². The van der Waals surface area contributed by atoms with Crippen LogP contribution in [0.1, 0.15) is 70.4 Å². The number of rotatable bonds is 14. The van der Waals surface area contributed by atoms with Crippen LogP contribution in [0.15, 0.2) is 48.9 Å². The molecule has 184 valence electrons. The first-order chi connectivity index (χ1) is 16.2. The standard InChI is InChI=1S/C26H38BN3O4/c1-18(2)14-22(27(33-19(3)4)34-20(5)6)16-25(31)23(15-21-10-8-7-9-11-21)30-26(32)24-17-28-12-13-29-24/h7-13,17-20,22-23H,14-16H2,1-6H3,(H,30,32). The highest BCUT2D eigenvalue weighted by Gasteiger charge is 2.36. The predicted molar refractivity (Wildman–Crippen MR) is 134 cm³/mol. The zero-order valence-corrected chi connectivity index (χ0v) is 21.2. The molecule has 2 unspecified atom stereocenters. The van der Waals surface area contributed by atoms with Crippen molar-refractivity contribution < 1.29 is 18.9 Å². The Bertz CT molecular complexity index is 868. The van der Waals surface area contributed by atoms with Gasteiger partial charge in [-0.3, -0.25) is 14.6 Å². The quantitative estimate of drug-likeness (QED) is 0.411. The van der Waals surface area contributed by atoms with Crippen molar-refractivity contribution in [3.63, 3.8) is 0 Å². The molecule has 2 atom stereocenters. The minimum atomic E-state index is -0.703. The van der Waals surface area contributed by atoms with Crippen LogP contribution in [-0.4, -0.2) is 47.0 Å². The molecule has 0 radical (unpaired) electrons. The number of Topliss-reactive ketones (excluding diaryl/α,β-unsaturated/α-hetero) is 1. The molecule has 34 heavy (non-hydrogen) atoms. The Balaban J connectivity index is 2.26. The number of benzene rings is 1. The molecule has 7 nitrogen and oxygen atoms in total. The van der Waals surface area contributed by atoms with Crippen LogP contribution in [-0.2, 0) is 20.5 Å². The van der Waals surface area contributed by atoms with Crippen molar-refractivity contribution in [3.8, 4) is 0 Å². The van der Waals surface area contributed by atoms with Gasteiger partial charge in [0.1, 0.15) is 5.69 Å². The zero-order chi connectivity index (χ0) is 25.1. The number of carbonyl (C=O) groups is 2. The minimum absolute atomic E-state index is 0.0370. The third-order valence-corrected chi connectivity index (χ3v) is 5.21. The molecule has 1 aromatic carbocycles. The van der Waals surface area contributed by atoms with Crippen molar-refractivity contribution >= 4 is 18.8 Å². The summed E-state index contributed by atoms with van der Waals surface area (Å²) in [5.74, 6) is -0.259. The molecule has 0 saturated heterocycles. The van der Waals surface area contributed by atoms with E-state index >= 15 is 0 Å². The Morgan fingerprint density at radius 1 is 0.971 bits per heavy atom. The molecule has 8 heteroatoms. The molecule has 0 spiro atoms. The van der Waals surface area contributed by atoms with Crippen LogP contribution in [0.3, 0.4) is 0 Å². The smallest absolute Gasteiger partial charge is 0.409 e. The summed E-state index contributed by atoms with van der Waals surface area (Å²) < 4.78 is 12.2. The van der Waals surface area contributed by atoms with E-state index in [0.29, 0.717) is 12.3 Å². The fourth-order valence-electron chi connectivity index (χ4n) is 3.83. The molecule has 2 rings (SSSR count). The normalized spacial score (nSPS) is 13.2. The summed E-state index contributed by atoms with van der Waals surface area (Å²) in [6, 6.07) is 8.97. The number of nitrogens with one attached hydrogen (secondary N) is 1. The largest absolute Gasteiger partial charge is 0.461 e. The summed E-state index contributed by atoms with van der Waals surface area (Å²) in [5, 5.41) is 2.89. The lowest BCUT2D eigenvalue weighted by Gasteiger charge is -2.29. The van der Waals surface area contributed by atoms with Crippen molar-refractivity contribution in [2.24, 2.45) is 5.92 Å². The average molecular weight is 467 g/mol. The van der Waals surface area contributed by atoms with Crippen molar-refractivity contribution in [1.82, 2.24) is 15.3 Å². The van der Waals surface area contributed by atoms with E-state index in [1.165, 1.54) is 18.6 Å². The highest BCUT2D eigenvalue weighted by atomic mass is 16.6. The van der Waals surface area contributed by atoms with E-state index in [4.69, 9.17) is 9.31 Å². The lowest BCUT2D eigenvalue weighted by Crippen LogP contribution is -2.44. The summed E-state index contributed by atoms with van der Waals surface area (Å²) in [7, 11) is -0.501. The second-order valence-electron chi connectivity index (χ2n) is 9.60. The Morgan fingerprint density at radius 2 is 1.62 bits per heavy atom. The van der Waals surface area contributed by atoms with Crippen molar-refractivity contribution in [2.75, 3.05) is 0 Å². The number of hydrogen-bond donors (Lipinski definition) is 1. The maximum atomic E-state index is 13.6. The van der Waals surface area contributed by atoms with E-state index in [-0.39, 0.29) is 35.9 Å². The van der Waals surface area contributed by atoms with Crippen LogP contribution in [0, 0.1) is 5.92 Å². The molecule has 0 aliphatic heterocycles. The van der Waals surface area contributed by atoms with Crippen LogP contribution < -0.4 is 5.32 Å². The van der Waals surface area contributed by atoms with E-state index < -0.39 is 19.1 Å². The molecular formula is C26H38BN3O4. The molecule has 0 bridgehead atoms. The number of aromatic nitrogens is 2. The third kappa shape index (κ3) is 9.73. The molecule has 0 aliphatic carbocycles. The first-order valence-electron chi connectivity index (χ1n) is 12.1. The SMILES string of the molecule is CC(C)CC(CC(=O)C(Cc1ccccc1)NC(=O)c1cnccn1)B(OC(C)C)OC(C)C. The lowest BCUT2D eigenvalue weighted by atomic mass is 9.64. The molecular weight excluding hydrogens is 429 g/mol. The Morgan fingerprint density at radius 3 is 2.15 bits per heavy atom. The summed E-state index contributed by atoms with van der Waals surface area (Å²) in [5.41, 5.74) is 1.14. The maximum Gasteiger partial charge on any atom is 0.461 e. The van der Waals surface area contributed by atoms with Crippen molar-refractivity contribution in [1.29, 1.82) is 0 Å². The molecule has 1 aromatic heterocycles. The van der Waals surface area contributed by atoms with Gasteiger partial charge in [0.05, 0.1) is 12.2 Å². The maximum absolute atomic E-state index is 13.6. The van der Waals surface area contributed by atoms with Crippen LogP contribution >= 0.6 is 0 Å². The fourth-order valence-corrected chi connectivity index (χ4v) is 3.83. The van der Waals surface area contributed by atoms with Crippen LogP contribution in [0.5, 0.6) is 0 Å². The number of hydrogen-bond acceptors (Lipinski definition) is 6. The fraction of sp³-hybridized carbons (Fsp3) is 0.538. The first kappa shape index (κ1) is 27.7. The molecule has 2 aromatic rings. The Kier molecular flexibility index (Phi) is 11.4. The third-order valence-electron chi connectivity index (χ3n) is 5.21. The molecule has 0 saturated carbocycles. The summed E-state index contributed by atoms with van der Waals surface area (Å²) in [6.07, 6.45) is 5.68. The molecule has 1 N–H and O–H groups in total. The van der Waals surface area contributed by atoms with Gasteiger partial charge in [-0.05, 0) is 52.0 Å². The first-order valence-corrected chi connectivity index (χ1v) is 12.1. The van der Waals surface area contributed by atoms with Gasteiger partial charge in [-0.25, -0.2) is 4.98 Å². The number of carbonyl (C=O) groups excluding carboxylic acids is 2. The predicted octanol–water partition coefficient (Wildman–Crippen LogP) is 4.53. The Hall–Kier alpha value is -2.58. The van der Waals surface area contributed by atoms with E-state index in [1.54, 1.807) is 0 Å². The second-order valence-corrected chi connectivity index (χ2v) is 9.60. The second kappa shape index (κ2) is 14.0. The van der Waals surface area contributed by atoms with Gasteiger partial charge in [-0.2, -0.15) is 0 Å². The molecule has 0 fully saturated rings. The van der Waals surface area contributed by atoms with Crippen LogP contribution in [0.4, 0.5) is 0 Å². The van der Waals surface area contributed by atoms with Crippen LogP contribution in [0.25, 0.3) is 0 Å². The monoisotopic (exact) mass is 467 g/mol. The average Bonchev–Trinajstić information content (AvgIpc) is 2.78. The summed E-state index contributed by atoms with van der Waals surface area (Å²) in [4.78, 5) is 34.5. The van der Waals surface area contributed by atoms with Gasteiger partial charge in [0.25, 0.3) is 5.91 Å². The van der Waals surface area contributed by atoms with Gasteiger partial charge < -0.3 is 14.6 Å². The lowest BCUT2D eigenvalue weighted by molar-refractivity contribution is -0.121. The Labute approximate surface area is 204 Å². The topological polar surface area (TPSA) is 90.4 Å². The summed E-state index contributed by atoms with van der Waals surface area (Å²) >= 11 is 0. The van der Waals surface area contributed by atoms with Gasteiger partial charge in [0.15, 0.2) is 5.78 Å². The van der Waals surface area contributed by atoms with Gasteiger partial charge >= 0.3 is 7.12 Å². The number of amides is 1. The number of nitrogens with zero attached hydrogens (tertiary/aromatic N) is 2. The summed E-state index contributed by atoms with van der Waals surface area (Å²) in [6.45, 7) is 12.1. The van der Waals surface area contributed by atoms with Crippen molar-refractivity contribution in [2.45, 2.75) is 84.9 Å². The van der Waals surface area contributed by atoms with Crippen LogP contribution in [0.2, 0.25) is 5.82 Å². The van der Waals surface area contributed by atoms with E-state index in [2.05, 4.69) is 29.1 Å². The molecule has 1 amide bonds. The zero-order valence-electron chi connectivity index (χ0n) is 21.2. The van der Waals surface area contributed by atoms with E-state index in [0.717, 1.165) is 12.0 Å². The van der Waals surface area contributed by atoms with Gasteiger partial charge in [0, 0.05) is 36.8 Å². The molecule has 0 aliphatic rings.